The second-order valence-electron chi connectivity index (χ2n) is 4.80. The first-order valence-electron chi connectivity index (χ1n) is 5.64. The number of nitrogens with zero attached hydrogens (tertiary/aromatic N) is 1. The van der Waals surface area contributed by atoms with Crippen molar-refractivity contribution in [3.8, 4) is 0 Å². The van der Waals surface area contributed by atoms with E-state index in [9.17, 15) is 4.79 Å². The summed E-state index contributed by atoms with van der Waals surface area (Å²) in [6.07, 6.45) is 2.25. The Hall–Kier alpha value is -0.610. The van der Waals surface area contributed by atoms with Crippen LogP contribution >= 0.6 is 0 Å². The molecule has 0 radical (unpaired) electrons. The molecule has 4 nitrogen and oxygen atoms in total. The normalized spacial score (nSPS) is 33.3. The number of ether oxygens (including phenoxy) is 1. The van der Waals surface area contributed by atoms with Crippen molar-refractivity contribution in [3.63, 3.8) is 0 Å². The van der Waals surface area contributed by atoms with Gasteiger partial charge < -0.3 is 15.0 Å². The Morgan fingerprint density at radius 3 is 3.07 bits per heavy atom. The Kier molecular flexibility index (Phi) is 2.98. The van der Waals surface area contributed by atoms with Gasteiger partial charge in [0.15, 0.2) is 0 Å². The van der Waals surface area contributed by atoms with Crippen LogP contribution in [0.2, 0.25) is 0 Å². The van der Waals surface area contributed by atoms with Crippen molar-refractivity contribution in [3.05, 3.63) is 0 Å². The number of rotatable bonds is 4. The molecule has 1 amide bonds. The summed E-state index contributed by atoms with van der Waals surface area (Å²) in [5.74, 6) is 0.574. The van der Waals surface area contributed by atoms with E-state index in [1.807, 2.05) is 7.05 Å². The molecule has 2 unspecified atom stereocenters. The second-order valence-corrected chi connectivity index (χ2v) is 4.80. The zero-order valence-corrected chi connectivity index (χ0v) is 9.58. The smallest absolute Gasteiger partial charge is 0.226 e. The Morgan fingerprint density at radius 1 is 1.67 bits per heavy atom. The minimum absolute atomic E-state index is 0.273. The maximum atomic E-state index is 12.0. The summed E-state index contributed by atoms with van der Waals surface area (Å²) in [6.45, 7) is 3.43. The summed E-state index contributed by atoms with van der Waals surface area (Å²) in [7, 11) is 3.54. The maximum Gasteiger partial charge on any atom is 0.226 e. The Morgan fingerprint density at radius 2 is 2.47 bits per heavy atom. The van der Waals surface area contributed by atoms with Gasteiger partial charge in [-0.15, -0.1) is 0 Å². The van der Waals surface area contributed by atoms with Crippen LogP contribution in [0.1, 0.15) is 12.8 Å². The highest BCUT2D eigenvalue weighted by Crippen LogP contribution is 2.57. The molecule has 2 fully saturated rings. The van der Waals surface area contributed by atoms with Crippen LogP contribution in [0.4, 0.5) is 0 Å². The fourth-order valence-corrected chi connectivity index (χ4v) is 2.54. The molecule has 0 aromatic carbocycles. The number of carbonyl (C=O) groups excluding carboxylic acids is 1. The zero-order chi connectivity index (χ0) is 10.9. The fourth-order valence-electron chi connectivity index (χ4n) is 2.54. The lowest BCUT2D eigenvalue weighted by Crippen LogP contribution is -2.33. The predicted molar refractivity (Wildman–Crippen MR) is 57.5 cm³/mol. The highest BCUT2D eigenvalue weighted by Gasteiger charge is 2.59. The van der Waals surface area contributed by atoms with Crippen molar-refractivity contribution in [2.75, 3.05) is 40.4 Å². The van der Waals surface area contributed by atoms with Crippen LogP contribution in [0.3, 0.4) is 0 Å². The van der Waals surface area contributed by atoms with Crippen LogP contribution in [-0.2, 0) is 9.53 Å². The van der Waals surface area contributed by atoms with Crippen molar-refractivity contribution in [1.82, 2.24) is 10.2 Å². The highest BCUT2D eigenvalue weighted by molar-refractivity contribution is 5.82. The van der Waals surface area contributed by atoms with E-state index in [0.29, 0.717) is 24.5 Å². The number of likely N-dealkylation sites (N-methyl/N-ethyl adjacent to an activating group) is 1. The van der Waals surface area contributed by atoms with Gasteiger partial charge in [0.05, 0.1) is 6.61 Å². The molecule has 1 N–H and O–H groups in total. The highest BCUT2D eigenvalue weighted by atomic mass is 16.5. The van der Waals surface area contributed by atoms with Crippen LogP contribution in [0.15, 0.2) is 0 Å². The number of hydrogen-bond donors (Lipinski definition) is 1. The van der Waals surface area contributed by atoms with Gasteiger partial charge in [-0.25, -0.2) is 0 Å². The lowest BCUT2D eigenvalue weighted by atomic mass is 10.0. The topological polar surface area (TPSA) is 41.6 Å². The Labute approximate surface area is 91.0 Å². The van der Waals surface area contributed by atoms with E-state index < -0.39 is 0 Å². The van der Waals surface area contributed by atoms with E-state index in [2.05, 4.69) is 5.32 Å². The Bertz CT molecular complexity index is 249. The van der Waals surface area contributed by atoms with E-state index in [1.165, 1.54) is 6.42 Å². The van der Waals surface area contributed by atoms with Gasteiger partial charge in [-0.05, 0) is 24.8 Å². The van der Waals surface area contributed by atoms with Gasteiger partial charge in [0.25, 0.3) is 0 Å². The van der Waals surface area contributed by atoms with Gasteiger partial charge >= 0.3 is 0 Å². The monoisotopic (exact) mass is 212 g/mol. The van der Waals surface area contributed by atoms with E-state index in [0.717, 1.165) is 19.5 Å². The molecule has 1 spiro atoms. The van der Waals surface area contributed by atoms with Gasteiger partial charge in [-0.3, -0.25) is 4.79 Å². The molecule has 1 saturated heterocycles. The van der Waals surface area contributed by atoms with Crippen LogP contribution in [-0.4, -0.2) is 51.2 Å². The van der Waals surface area contributed by atoms with Crippen molar-refractivity contribution >= 4 is 5.91 Å². The molecule has 1 saturated carbocycles. The largest absolute Gasteiger partial charge is 0.383 e. The molecule has 2 atom stereocenters. The average Bonchev–Trinajstić information content (AvgIpc) is 2.72. The molecule has 15 heavy (non-hydrogen) atoms. The Balaban J connectivity index is 1.82. The molecule has 0 aromatic heterocycles. The summed E-state index contributed by atoms with van der Waals surface area (Å²) >= 11 is 0. The average molecular weight is 212 g/mol. The maximum absolute atomic E-state index is 12.0. The van der Waals surface area contributed by atoms with Crippen molar-refractivity contribution in [1.29, 1.82) is 0 Å². The van der Waals surface area contributed by atoms with Gasteiger partial charge in [0, 0.05) is 33.2 Å². The van der Waals surface area contributed by atoms with Gasteiger partial charge in [-0.1, -0.05) is 0 Å². The summed E-state index contributed by atoms with van der Waals surface area (Å²) in [5.41, 5.74) is 0.318. The lowest BCUT2D eigenvalue weighted by molar-refractivity contribution is -0.132. The molecule has 4 heteroatoms. The quantitative estimate of drug-likeness (QED) is 0.718. The summed E-state index contributed by atoms with van der Waals surface area (Å²) in [4.78, 5) is 13.8. The standard InChI is InChI=1S/C11H20N2O2/c1-13(5-6-15-2)10(14)9-7-11(9)3-4-12-8-11/h9,12H,3-8H2,1-2H3. The summed E-state index contributed by atoms with van der Waals surface area (Å²) in [5, 5.41) is 3.35. The first-order chi connectivity index (χ1) is 7.19. The molecule has 1 heterocycles. The summed E-state index contributed by atoms with van der Waals surface area (Å²) in [6, 6.07) is 0. The van der Waals surface area contributed by atoms with Crippen LogP contribution < -0.4 is 5.32 Å². The van der Waals surface area contributed by atoms with E-state index >= 15 is 0 Å². The third-order valence-corrected chi connectivity index (χ3v) is 3.77. The first-order valence-corrected chi connectivity index (χ1v) is 5.64. The van der Waals surface area contributed by atoms with Crippen molar-refractivity contribution in [2.45, 2.75) is 12.8 Å². The molecule has 2 aliphatic rings. The minimum Gasteiger partial charge on any atom is -0.383 e. The van der Waals surface area contributed by atoms with E-state index in [4.69, 9.17) is 4.74 Å². The number of methoxy groups -OCH3 is 1. The zero-order valence-electron chi connectivity index (χ0n) is 9.58. The molecule has 0 bridgehead atoms. The minimum atomic E-state index is 0.273. The summed E-state index contributed by atoms with van der Waals surface area (Å²) < 4.78 is 4.97. The van der Waals surface area contributed by atoms with Gasteiger partial charge in [0.1, 0.15) is 0 Å². The molecule has 86 valence electrons. The lowest BCUT2D eigenvalue weighted by Gasteiger charge is -2.18. The van der Waals surface area contributed by atoms with Crippen LogP contribution in [0.25, 0.3) is 0 Å². The molecular formula is C11H20N2O2. The third kappa shape index (κ3) is 2.01. The number of amides is 1. The molecular weight excluding hydrogens is 192 g/mol. The predicted octanol–water partition coefficient (Wildman–Crippen LogP) is 0.0908. The number of nitrogens with one attached hydrogen (secondary N) is 1. The molecule has 2 rings (SSSR count). The number of hydrogen-bond acceptors (Lipinski definition) is 3. The van der Waals surface area contributed by atoms with Crippen molar-refractivity contribution < 1.29 is 9.53 Å². The van der Waals surface area contributed by atoms with Gasteiger partial charge in [0.2, 0.25) is 5.91 Å². The second kappa shape index (κ2) is 4.10. The SMILES string of the molecule is COCCN(C)C(=O)C1CC12CCNC2. The first kappa shape index (κ1) is 10.9. The molecule has 1 aliphatic heterocycles. The molecule has 0 aromatic rings. The third-order valence-electron chi connectivity index (χ3n) is 3.77. The number of carbonyl (C=O) groups is 1. The molecule has 1 aliphatic carbocycles. The van der Waals surface area contributed by atoms with Gasteiger partial charge in [-0.2, -0.15) is 0 Å². The van der Waals surface area contributed by atoms with E-state index in [1.54, 1.807) is 12.0 Å². The van der Waals surface area contributed by atoms with Crippen molar-refractivity contribution in [2.24, 2.45) is 11.3 Å². The van der Waals surface area contributed by atoms with E-state index in [-0.39, 0.29) is 5.92 Å². The van der Waals surface area contributed by atoms with Crippen LogP contribution in [0.5, 0.6) is 0 Å². The van der Waals surface area contributed by atoms with Crippen LogP contribution in [0, 0.1) is 11.3 Å². The fraction of sp³-hybridized carbons (Fsp3) is 0.909.